The Hall–Kier alpha value is -1.95. The third kappa shape index (κ3) is 2.76. The highest BCUT2D eigenvalue weighted by Gasteiger charge is 2.20. The second kappa shape index (κ2) is 5.81. The van der Waals surface area contributed by atoms with Crippen LogP contribution in [0.2, 0.25) is 0 Å². The van der Waals surface area contributed by atoms with Gasteiger partial charge in [-0.05, 0) is 45.0 Å². The van der Waals surface area contributed by atoms with Gasteiger partial charge in [0, 0.05) is 6.04 Å². The Morgan fingerprint density at radius 3 is 2.81 bits per heavy atom. The first-order valence-electron chi connectivity index (χ1n) is 7.46. The summed E-state index contributed by atoms with van der Waals surface area (Å²) in [7, 11) is 0. The molecule has 0 spiro atoms. The van der Waals surface area contributed by atoms with Crippen molar-refractivity contribution in [1.29, 1.82) is 0 Å². The van der Waals surface area contributed by atoms with Crippen molar-refractivity contribution >= 4 is 17.0 Å². The van der Waals surface area contributed by atoms with Crippen LogP contribution in [0.15, 0.2) is 18.2 Å². The average Bonchev–Trinajstić information content (AvgIpc) is 2.91. The van der Waals surface area contributed by atoms with E-state index in [2.05, 4.69) is 22.1 Å². The third-order valence-corrected chi connectivity index (χ3v) is 4.21. The van der Waals surface area contributed by atoms with Crippen LogP contribution in [-0.4, -0.2) is 50.1 Å². The third-order valence-electron chi connectivity index (χ3n) is 4.21. The molecule has 1 N–H and O–H groups in total. The number of nitrogens with zero attached hydrogens (tertiary/aromatic N) is 4. The molecular formula is C15H20N4O2. The Morgan fingerprint density at radius 1 is 1.33 bits per heavy atom. The van der Waals surface area contributed by atoms with Gasteiger partial charge in [-0.2, -0.15) is 0 Å². The van der Waals surface area contributed by atoms with Crippen LogP contribution in [-0.2, 0) is 6.54 Å². The maximum atomic E-state index is 11.4. The van der Waals surface area contributed by atoms with E-state index in [1.54, 1.807) is 22.9 Å². The Kier molecular flexibility index (Phi) is 3.88. The molecule has 1 aliphatic heterocycles. The summed E-state index contributed by atoms with van der Waals surface area (Å²) in [6.45, 7) is 5.06. The minimum absolute atomic E-state index is 0.267. The van der Waals surface area contributed by atoms with E-state index in [1.165, 1.54) is 19.3 Å². The van der Waals surface area contributed by atoms with Crippen molar-refractivity contribution in [3.8, 4) is 0 Å². The van der Waals surface area contributed by atoms with Crippen molar-refractivity contribution in [2.45, 2.75) is 38.8 Å². The normalized spacial score (nSPS) is 18.0. The molecule has 1 aliphatic rings. The van der Waals surface area contributed by atoms with Crippen LogP contribution in [0.25, 0.3) is 11.0 Å². The van der Waals surface area contributed by atoms with E-state index in [-0.39, 0.29) is 5.56 Å². The second-order valence-electron chi connectivity index (χ2n) is 5.70. The number of piperidine rings is 1. The zero-order valence-corrected chi connectivity index (χ0v) is 12.2. The quantitative estimate of drug-likeness (QED) is 0.931. The van der Waals surface area contributed by atoms with Gasteiger partial charge in [0.05, 0.1) is 12.1 Å². The van der Waals surface area contributed by atoms with Gasteiger partial charge in [0.15, 0.2) is 0 Å². The summed E-state index contributed by atoms with van der Waals surface area (Å²) in [5.41, 5.74) is 1.53. The molecule has 2 heterocycles. The summed E-state index contributed by atoms with van der Waals surface area (Å²) >= 11 is 0. The van der Waals surface area contributed by atoms with Crippen LogP contribution in [0.5, 0.6) is 0 Å². The van der Waals surface area contributed by atoms with E-state index in [9.17, 15) is 9.90 Å². The number of carbonyl (C=O) groups is 1. The Labute approximate surface area is 123 Å². The van der Waals surface area contributed by atoms with Crippen molar-refractivity contribution < 1.29 is 9.90 Å². The number of para-hydroxylation sites is 1. The molecule has 1 aromatic carbocycles. The van der Waals surface area contributed by atoms with Gasteiger partial charge < -0.3 is 5.11 Å². The monoisotopic (exact) mass is 288 g/mol. The van der Waals surface area contributed by atoms with E-state index in [4.69, 9.17) is 0 Å². The summed E-state index contributed by atoms with van der Waals surface area (Å²) in [6, 6.07) is 5.45. The molecule has 1 saturated heterocycles. The topological polar surface area (TPSA) is 71.2 Å². The fourth-order valence-corrected chi connectivity index (χ4v) is 3.06. The minimum atomic E-state index is -0.935. The van der Waals surface area contributed by atoms with Crippen molar-refractivity contribution in [1.82, 2.24) is 19.9 Å². The number of rotatable bonds is 4. The molecule has 1 atom stereocenters. The molecular weight excluding hydrogens is 268 g/mol. The first kappa shape index (κ1) is 14.0. The maximum absolute atomic E-state index is 11.4. The van der Waals surface area contributed by atoms with Gasteiger partial charge in [0.2, 0.25) is 0 Å². The van der Waals surface area contributed by atoms with E-state index >= 15 is 0 Å². The standard InChI is InChI=1S/C15H20N4O2/c1-11(18-8-3-2-4-9-18)10-19-14-12(15(20)21)6-5-7-13(14)16-17-19/h5-7,11H,2-4,8-10H2,1H3,(H,20,21). The number of aromatic carboxylic acids is 1. The first-order valence-corrected chi connectivity index (χ1v) is 7.46. The molecule has 0 radical (unpaired) electrons. The zero-order chi connectivity index (χ0) is 14.8. The number of carboxylic acids is 1. The van der Waals surface area contributed by atoms with Crippen LogP contribution < -0.4 is 0 Å². The Balaban J connectivity index is 1.88. The summed E-state index contributed by atoms with van der Waals surface area (Å²) in [4.78, 5) is 13.8. The lowest BCUT2D eigenvalue weighted by Gasteiger charge is -2.32. The van der Waals surface area contributed by atoms with Gasteiger partial charge in [-0.25, -0.2) is 9.48 Å². The summed E-state index contributed by atoms with van der Waals surface area (Å²) in [5, 5.41) is 17.6. The number of hydrogen-bond donors (Lipinski definition) is 1. The van der Waals surface area contributed by atoms with Gasteiger partial charge >= 0.3 is 5.97 Å². The molecule has 21 heavy (non-hydrogen) atoms. The number of fused-ring (bicyclic) bond motifs is 1. The van der Waals surface area contributed by atoms with E-state index in [0.717, 1.165) is 13.1 Å². The molecule has 0 bridgehead atoms. The number of carboxylic acid groups (broad SMARTS) is 1. The van der Waals surface area contributed by atoms with Crippen LogP contribution in [0.1, 0.15) is 36.5 Å². The smallest absolute Gasteiger partial charge is 0.337 e. The second-order valence-corrected chi connectivity index (χ2v) is 5.70. The summed E-state index contributed by atoms with van der Waals surface area (Å²) in [5.74, 6) is -0.935. The molecule has 0 saturated carbocycles. The molecule has 6 nitrogen and oxygen atoms in total. The number of likely N-dealkylation sites (tertiary alicyclic amines) is 1. The zero-order valence-electron chi connectivity index (χ0n) is 12.2. The van der Waals surface area contributed by atoms with Gasteiger partial charge in [0.1, 0.15) is 11.0 Å². The van der Waals surface area contributed by atoms with Crippen molar-refractivity contribution in [2.24, 2.45) is 0 Å². The van der Waals surface area contributed by atoms with Crippen LogP contribution in [0, 0.1) is 0 Å². The lowest BCUT2D eigenvalue weighted by atomic mass is 10.1. The molecule has 1 aromatic heterocycles. The molecule has 0 amide bonds. The predicted octanol–water partition coefficient (Wildman–Crippen LogP) is 2.00. The predicted molar refractivity (Wildman–Crippen MR) is 79.4 cm³/mol. The molecule has 2 aromatic rings. The summed E-state index contributed by atoms with van der Waals surface area (Å²) < 4.78 is 1.73. The number of hydrogen-bond acceptors (Lipinski definition) is 4. The highest BCUT2D eigenvalue weighted by atomic mass is 16.4. The van der Waals surface area contributed by atoms with Gasteiger partial charge in [-0.3, -0.25) is 4.90 Å². The van der Waals surface area contributed by atoms with Crippen molar-refractivity contribution in [3.05, 3.63) is 23.8 Å². The average molecular weight is 288 g/mol. The van der Waals surface area contributed by atoms with Crippen LogP contribution >= 0.6 is 0 Å². The van der Waals surface area contributed by atoms with Crippen molar-refractivity contribution in [2.75, 3.05) is 13.1 Å². The van der Waals surface area contributed by atoms with Crippen LogP contribution in [0.4, 0.5) is 0 Å². The molecule has 3 rings (SSSR count). The molecule has 6 heteroatoms. The van der Waals surface area contributed by atoms with Gasteiger partial charge in [-0.1, -0.05) is 17.7 Å². The fourth-order valence-electron chi connectivity index (χ4n) is 3.06. The molecule has 1 fully saturated rings. The molecule has 112 valence electrons. The van der Waals surface area contributed by atoms with E-state index < -0.39 is 5.97 Å². The lowest BCUT2D eigenvalue weighted by molar-refractivity contribution is 0.0698. The molecule has 0 aliphatic carbocycles. The lowest BCUT2D eigenvalue weighted by Crippen LogP contribution is -2.40. The highest BCUT2D eigenvalue weighted by molar-refractivity contribution is 6.00. The molecule has 1 unspecified atom stereocenters. The maximum Gasteiger partial charge on any atom is 0.337 e. The summed E-state index contributed by atoms with van der Waals surface area (Å²) in [6.07, 6.45) is 3.78. The largest absolute Gasteiger partial charge is 0.478 e. The van der Waals surface area contributed by atoms with E-state index in [0.29, 0.717) is 23.6 Å². The van der Waals surface area contributed by atoms with Crippen molar-refractivity contribution in [3.63, 3.8) is 0 Å². The van der Waals surface area contributed by atoms with Crippen LogP contribution in [0.3, 0.4) is 0 Å². The number of benzene rings is 1. The number of aromatic nitrogens is 3. The minimum Gasteiger partial charge on any atom is -0.478 e. The Bertz CT molecular complexity index is 646. The fraction of sp³-hybridized carbons (Fsp3) is 0.533. The van der Waals surface area contributed by atoms with Gasteiger partial charge in [0.25, 0.3) is 0 Å². The van der Waals surface area contributed by atoms with Gasteiger partial charge in [-0.15, -0.1) is 5.10 Å². The highest BCUT2D eigenvalue weighted by Crippen LogP contribution is 2.19. The Morgan fingerprint density at radius 2 is 2.10 bits per heavy atom. The van der Waals surface area contributed by atoms with E-state index in [1.807, 2.05) is 0 Å². The first-order chi connectivity index (χ1) is 10.2. The SMILES string of the molecule is CC(Cn1nnc2cccc(C(=O)O)c21)N1CCCCC1.